The first kappa shape index (κ1) is 12.7. The van der Waals surface area contributed by atoms with E-state index in [0.29, 0.717) is 6.04 Å². The quantitative estimate of drug-likeness (QED) is 0.848. The third kappa shape index (κ3) is 3.12. The minimum Gasteiger partial charge on any atom is -0.495 e. The van der Waals surface area contributed by atoms with E-state index >= 15 is 0 Å². The summed E-state index contributed by atoms with van der Waals surface area (Å²) in [5.41, 5.74) is 5.31. The first-order valence-electron chi connectivity index (χ1n) is 6.25. The van der Waals surface area contributed by atoms with Gasteiger partial charge in [-0.25, -0.2) is 4.98 Å². The lowest BCUT2D eigenvalue weighted by Crippen LogP contribution is -2.32. The van der Waals surface area contributed by atoms with Crippen LogP contribution in [-0.4, -0.2) is 24.0 Å². The maximum atomic E-state index is 11.1. The Morgan fingerprint density at radius 2 is 2.11 bits per heavy atom. The van der Waals surface area contributed by atoms with E-state index in [-0.39, 0.29) is 11.8 Å². The number of ether oxygens (including phenoxy) is 1. The third-order valence-electron chi connectivity index (χ3n) is 3.45. The Bertz CT molecular complexity index is 397. The number of nitrogens with one attached hydrogen (secondary N) is 1. The molecule has 0 aromatic carbocycles. The van der Waals surface area contributed by atoms with Gasteiger partial charge in [0.05, 0.1) is 13.3 Å². The lowest BCUT2D eigenvalue weighted by Gasteiger charge is -2.27. The lowest BCUT2D eigenvalue weighted by atomic mass is 9.85. The number of pyridine rings is 1. The summed E-state index contributed by atoms with van der Waals surface area (Å²) in [4.78, 5) is 15.3. The van der Waals surface area contributed by atoms with Crippen LogP contribution in [0.5, 0.6) is 5.75 Å². The Kier molecular flexibility index (Phi) is 4.02. The van der Waals surface area contributed by atoms with Crippen molar-refractivity contribution in [2.45, 2.75) is 31.7 Å². The van der Waals surface area contributed by atoms with Crippen LogP contribution in [0.2, 0.25) is 0 Å². The summed E-state index contributed by atoms with van der Waals surface area (Å²) in [6.07, 6.45) is 5.34. The number of aromatic nitrogens is 1. The Morgan fingerprint density at radius 3 is 2.61 bits per heavy atom. The van der Waals surface area contributed by atoms with Crippen LogP contribution in [0.1, 0.15) is 25.7 Å². The van der Waals surface area contributed by atoms with Gasteiger partial charge in [-0.3, -0.25) is 4.79 Å². The molecule has 0 spiro atoms. The van der Waals surface area contributed by atoms with Crippen molar-refractivity contribution in [2.75, 3.05) is 12.4 Å². The molecule has 1 saturated carbocycles. The van der Waals surface area contributed by atoms with Gasteiger partial charge in [-0.1, -0.05) is 0 Å². The molecule has 0 aliphatic heterocycles. The molecule has 1 heterocycles. The fraction of sp³-hybridized carbons (Fsp3) is 0.538. The minimum atomic E-state index is -0.170. The topological polar surface area (TPSA) is 77.2 Å². The Labute approximate surface area is 107 Å². The predicted octanol–water partition coefficient (Wildman–Crippen LogP) is 1.55. The van der Waals surface area contributed by atoms with Crippen LogP contribution in [0.15, 0.2) is 18.3 Å². The molecule has 1 aromatic rings. The summed E-state index contributed by atoms with van der Waals surface area (Å²) in [6, 6.07) is 4.16. The molecule has 2 rings (SSSR count). The van der Waals surface area contributed by atoms with Crippen LogP contribution in [0.4, 0.5) is 5.82 Å². The van der Waals surface area contributed by atoms with E-state index in [1.807, 2.05) is 12.1 Å². The van der Waals surface area contributed by atoms with E-state index in [4.69, 9.17) is 10.5 Å². The van der Waals surface area contributed by atoms with Crippen LogP contribution < -0.4 is 15.8 Å². The van der Waals surface area contributed by atoms with Gasteiger partial charge in [0.15, 0.2) is 0 Å². The lowest BCUT2D eigenvalue weighted by molar-refractivity contribution is -0.122. The van der Waals surface area contributed by atoms with Gasteiger partial charge in [-0.15, -0.1) is 0 Å². The van der Waals surface area contributed by atoms with Gasteiger partial charge in [-0.05, 0) is 37.8 Å². The predicted molar refractivity (Wildman–Crippen MR) is 69.4 cm³/mol. The normalized spacial score (nSPS) is 23.4. The van der Waals surface area contributed by atoms with Crippen molar-refractivity contribution in [3.05, 3.63) is 18.3 Å². The van der Waals surface area contributed by atoms with Crippen molar-refractivity contribution in [3.8, 4) is 5.75 Å². The van der Waals surface area contributed by atoms with E-state index in [1.54, 1.807) is 13.3 Å². The fourth-order valence-electron chi connectivity index (χ4n) is 2.32. The zero-order valence-electron chi connectivity index (χ0n) is 10.6. The van der Waals surface area contributed by atoms with Crippen molar-refractivity contribution in [1.29, 1.82) is 0 Å². The molecule has 1 amide bonds. The van der Waals surface area contributed by atoms with Crippen molar-refractivity contribution in [3.63, 3.8) is 0 Å². The van der Waals surface area contributed by atoms with Gasteiger partial charge < -0.3 is 15.8 Å². The molecule has 5 nitrogen and oxygen atoms in total. The summed E-state index contributed by atoms with van der Waals surface area (Å²) in [7, 11) is 1.62. The largest absolute Gasteiger partial charge is 0.495 e. The van der Waals surface area contributed by atoms with Gasteiger partial charge in [0.2, 0.25) is 5.91 Å². The molecule has 0 bridgehead atoms. The summed E-state index contributed by atoms with van der Waals surface area (Å²) < 4.78 is 5.06. The molecule has 5 heteroatoms. The van der Waals surface area contributed by atoms with E-state index < -0.39 is 0 Å². The maximum Gasteiger partial charge on any atom is 0.220 e. The Morgan fingerprint density at radius 1 is 1.39 bits per heavy atom. The van der Waals surface area contributed by atoms with E-state index in [9.17, 15) is 4.79 Å². The van der Waals surface area contributed by atoms with E-state index in [2.05, 4.69) is 10.3 Å². The summed E-state index contributed by atoms with van der Waals surface area (Å²) in [6.45, 7) is 0. The smallest absolute Gasteiger partial charge is 0.220 e. The molecular weight excluding hydrogens is 230 g/mol. The van der Waals surface area contributed by atoms with Crippen LogP contribution in [-0.2, 0) is 4.79 Å². The molecule has 0 unspecified atom stereocenters. The first-order valence-corrected chi connectivity index (χ1v) is 6.25. The number of hydrogen-bond acceptors (Lipinski definition) is 4. The van der Waals surface area contributed by atoms with Crippen LogP contribution in [0.3, 0.4) is 0 Å². The molecule has 1 fully saturated rings. The fourth-order valence-corrected chi connectivity index (χ4v) is 2.32. The molecule has 3 N–H and O–H groups in total. The van der Waals surface area contributed by atoms with Crippen LogP contribution in [0.25, 0.3) is 0 Å². The highest BCUT2D eigenvalue weighted by Gasteiger charge is 2.24. The third-order valence-corrected chi connectivity index (χ3v) is 3.45. The number of carbonyl (C=O) groups is 1. The van der Waals surface area contributed by atoms with Crippen LogP contribution >= 0.6 is 0 Å². The number of nitrogens with zero attached hydrogens (tertiary/aromatic N) is 1. The van der Waals surface area contributed by atoms with Crippen LogP contribution in [0, 0.1) is 5.92 Å². The number of primary amides is 1. The molecule has 18 heavy (non-hydrogen) atoms. The van der Waals surface area contributed by atoms with Gasteiger partial charge in [-0.2, -0.15) is 0 Å². The average molecular weight is 249 g/mol. The summed E-state index contributed by atoms with van der Waals surface area (Å²) >= 11 is 0. The zero-order valence-corrected chi connectivity index (χ0v) is 10.6. The second-order valence-corrected chi connectivity index (χ2v) is 4.68. The van der Waals surface area contributed by atoms with E-state index in [1.165, 1.54) is 0 Å². The molecule has 1 aliphatic rings. The Hall–Kier alpha value is -1.78. The molecule has 0 radical (unpaired) electrons. The van der Waals surface area contributed by atoms with Gasteiger partial charge in [0.1, 0.15) is 11.6 Å². The number of nitrogens with two attached hydrogens (primary N) is 1. The maximum absolute atomic E-state index is 11.1. The minimum absolute atomic E-state index is 0.0480. The number of anilines is 1. The van der Waals surface area contributed by atoms with Crippen molar-refractivity contribution >= 4 is 11.7 Å². The number of hydrogen-bond donors (Lipinski definition) is 2. The van der Waals surface area contributed by atoms with Gasteiger partial charge in [0.25, 0.3) is 0 Å². The van der Waals surface area contributed by atoms with Crippen molar-refractivity contribution in [2.24, 2.45) is 11.7 Å². The SMILES string of the molecule is COc1ccc(NC2CCC(C(N)=O)CC2)nc1. The summed E-state index contributed by atoms with van der Waals surface area (Å²) in [5, 5.41) is 3.37. The van der Waals surface area contributed by atoms with E-state index in [0.717, 1.165) is 37.3 Å². The standard InChI is InChI=1S/C13H19N3O2/c1-18-11-6-7-12(15-8-11)16-10-4-2-9(3-5-10)13(14)17/h6-10H,2-5H2,1H3,(H2,14,17)(H,15,16). The Balaban J connectivity index is 1.85. The number of amides is 1. The first-order chi connectivity index (χ1) is 8.69. The molecular formula is C13H19N3O2. The van der Waals surface area contributed by atoms with Gasteiger partial charge >= 0.3 is 0 Å². The number of carbonyl (C=O) groups excluding carboxylic acids is 1. The number of methoxy groups -OCH3 is 1. The van der Waals surface area contributed by atoms with Gasteiger partial charge in [0, 0.05) is 12.0 Å². The zero-order chi connectivity index (χ0) is 13.0. The number of rotatable bonds is 4. The second kappa shape index (κ2) is 5.71. The highest BCUT2D eigenvalue weighted by Crippen LogP contribution is 2.26. The second-order valence-electron chi connectivity index (χ2n) is 4.68. The monoisotopic (exact) mass is 249 g/mol. The summed E-state index contributed by atoms with van der Waals surface area (Å²) in [5.74, 6) is 1.47. The molecule has 0 saturated heterocycles. The average Bonchev–Trinajstić information content (AvgIpc) is 2.40. The van der Waals surface area contributed by atoms with Crippen molar-refractivity contribution < 1.29 is 9.53 Å². The highest BCUT2D eigenvalue weighted by molar-refractivity contribution is 5.76. The molecule has 1 aromatic heterocycles. The molecule has 0 atom stereocenters. The van der Waals surface area contributed by atoms with Crippen molar-refractivity contribution in [1.82, 2.24) is 4.98 Å². The highest BCUT2D eigenvalue weighted by atomic mass is 16.5. The molecule has 98 valence electrons. The molecule has 1 aliphatic carbocycles.